The maximum absolute atomic E-state index is 12.0. The summed E-state index contributed by atoms with van der Waals surface area (Å²) in [7, 11) is 0. The first kappa shape index (κ1) is 14.4. The third-order valence-electron chi connectivity index (χ3n) is 3.07. The topological polar surface area (TPSA) is 72.2 Å². The highest BCUT2D eigenvalue weighted by atomic mass is 16.4. The van der Waals surface area contributed by atoms with Crippen molar-refractivity contribution in [2.45, 2.75) is 53.0 Å². The van der Waals surface area contributed by atoms with E-state index in [1.165, 1.54) is 4.68 Å². The maximum Gasteiger partial charge on any atom is 0.341 e. The van der Waals surface area contributed by atoms with Gasteiger partial charge in [-0.15, -0.1) is 0 Å². The van der Waals surface area contributed by atoms with Crippen molar-refractivity contribution < 1.29 is 9.90 Å². The van der Waals surface area contributed by atoms with Crippen LogP contribution in [0.25, 0.3) is 0 Å². The number of aryl methyl sites for hydroxylation is 2. The van der Waals surface area contributed by atoms with Gasteiger partial charge in [-0.1, -0.05) is 26.2 Å². The molecule has 0 unspecified atom stereocenters. The van der Waals surface area contributed by atoms with Gasteiger partial charge in [0.25, 0.3) is 5.56 Å². The van der Waals surface area contributed by atoms with Crippen LogP contribution in [0.2, 0.25) is 0 Å². The number of rotatable bonds is 6. The zero-order valence-electron chi connectivity index (χ0n) is 11.2. The van der Waals surface area contributed by atoms with E-state index in [4.69, 9.17) is 5.11 Å². The average Bonchev–Trinajstić information content (AvgIpc) is 2.30. The summed E-state index contributed by atoms with van der Waals surface area (Å²) in [6, 6.07) is 0. The highest BCUT2D eigenvalue weighted by Crippen LogP contribution is 2.07. The quantitative estimate of drug-likeness (QED) is 0.787. The van der Waals surface area contributed by atoms with Crippen LogP contribution in [0.4, 0.5) is 0 Å². The zero-order chi connectivity index (χ0) is 13.7. The second kappa shape index (κ2) is 6.33. The van der Waals surface area contributed by atoms with E-state index in [2.05, 4.69) is 12.0 Å². The molecule has 1 N–H and O–H groups in total. The lowest BCUT2D eigenvalue weighted by atomic mass is 10.1. The minimum Gasteiger partial charge on any atom is -0.477 e. The van der Waals surface area contributed by atoms with Gasteiger partial charge in [0.05, 0.1) is 5.69 Å². The van der Waals surface area contributed by atoms with Gasteiger partial charge in [-0.25, -0.2) is 9.48 Å². The van der Waals surface area contributed by atoms with Gasteiger partial charge >= 0.3 is 5.97 Å². The molecule has 100 valence electrons. The SMILES string of the molecule is CCCCCCn1nc(C)c(C)c(C(=O)O)c1=O. The summed E-state index contributed by atoms with van der Waals surface area (Å²) in [4.78, 5) is 23.0. The fourth-order valence-electron chi connectivity index (χ4n) is 1.86. The van der Waals surface area contributed by atoms with Gasteiger partial charge < -0.3 is 5.11 Å². The molecule has 1 heterocycles. The highest BCUT2D eigenvalue weighted by molar-refractivity contribution is 5.88. The molecule has 0 aromatic carbocycles. The van der Waals surface area contributed by atoms with Crippen LogP contribution in [0.5, 0.6) is 0 Å². The van der Waals surface area contributed by atoms with E-state index >= 15 is 0 Å². The summed E-state index contributed by atoms with van der Waals surface area (Å²) in [5.41, 5.74) is 0.403. The van der Waals surface area contributed by atoms with E-state index < -0.39 is 11.5 Å². The monoisotopic (exact) mass is 252 g/mol. The zero-order valence-corrected chi connectivity index (χ0v) is 11.2. The van der Waals surface area contributed by atoms with E-state index in [0.29, 0.717) is 17.8 Å². The minimum atomic E-state index is -1.18. The molecular weight excluding hydrogens is 232 g/mol. The predicted octanol–water partition coefficient (Wildman–Crippen LogP) is 2.14. The number of hydrogen-bond acceptors (Lipinski definition) is 3. The summed E-state index contributed by atoms with van der Waals surface area (Å²) in [5, 5.41) is 13.2. The Morgan fingerprint density at radius 2 is 1.94 bits per heavy atom. The Hall–Kier alpha value is -1.65. The van der Waals surface area contributed by atoms with Gasteiger partial charge in [0, 0.05) is 6.54 Å². The molecule has 0 aliphatic carbocycles. The molecule has 0 amide bonds. The van der Waals surface area contributed by atoms with Crippen molar-refractivity contribution in [1.82, 2.24) is 9.78 Å². The molecule has 0 fully saturated rings. The second-order valence-electron chi connectivity index (χ2n) is 4.48. The number of nitrogens with zero attached hydrogens (tertiary/aromatic N) is 2. The van der Waals surface area contributed by atoms with Crippen molar-refractivity contribution in [3.8, 4) is 0 Å². The molecule has 1 aromatic rings. The van der Waals surface area contributed by atoms with E-state index in [1.807, 2.05) is 0 Å². The van der Waals surface area contributed by atoms with Crippen LogP contribution in [0, 0.1) is 13.8 Å². The first-order valence-electron chi connectivity index (χ1n) is 6.30. The molecule has 5 nitrogen and oxygen atoms in total. The van der Waals surface area contributed by atoms with Crippen molar-refractivity contribution in [3.05, 3.63) is 27.2 Å². The molecule has 5 heteroatoms. The second-order valence-corrected chi connectivity index (χ2v) is 4.48. The van der Waals surface area contributed by atoms with Crippen molar-refractivity contribution in [2.24, 2.45) is 0 Å². The number of aromatic carboxylic acids is 1. The molecule has 1 rings (SSSR count). The standard InChI is InChI=1S/C13H20N2O3/c1-4-5-6-7-8-15-12(16)11(13(17)18)9(2)10(3)14-15/h4-8H2,1-3H3,(H,17,18). The molecule has 0 spiro atoms. The number of unbranched alkanes of at least 4 members (excludes halogenated alkanes) is 3. The van der Waals surface area contributed by atoms with Gasteiger partial charge in [-0.3, -0.25) is 4.79 Å². The lowest BCUT2D eigenvalue weighted by Crippen LogP contribution is -2.31. The van der Waals surface area contributed by atoms with Crippen molar-refractivity contribution in [2.75, 3.05) is 0 Å². The number of carbonyl (C=O) groups is 1. The van der Waals surface area contributed by atoms with Gasteiger partial charge in [0.15, 0.2) is 0 Å². The van der Waals surface area contributed by atoms with Gasteiger partial charge in [-0.2, -0.15) is 5.10 Å². The van der Waals surface area contributed by atoms with Crippen LogP contribution in [-0.2, 0) is 6.54 Å². The third-order valence-corrected chi connectivity index (χ3v) is 3.07. The number of hydrogen-bond donors (Lipinski definition) is 1. The first-order chi connectivity index (χ1) is 8.49. The fourth-order valence-corrected chi connectivity index (χ4v) is 1.86. The maximum atomic E-state index is 12.0. The fraction of sp³-hybridized carbons (Fsp3) is 0.615. The van der Waals surface area contributed by atoms with Crippen LogP contribution in [0.3, 0.4) is 0 Å². The van der Waals surface area contributed by atoms with E-state index in [9.17, 15) is 9.59 Å². The summed E-state index contributed by atoms with van der Waals surface area (Å²) in [5.74, 6) is -1.18. The van der Waals surface area contributed by atoms with E-state index in [-0.39, 0.29) is 5.56 Å². The smallest absolute Gasteiger partial charge is 0.341 e. The van der Waals surface area contributed by atoms with Crippen LogP contribution < -0.4 is 5.56 Å². The third kappa shape index (κ3) is 3.18. The first-order valence-corrected chi connectivity index (χ1v) is 6.30. The van der Waals surface area contributed by atoms with E-state index in [0.717, 1.165) is 25.7 Å². The van der Waals surface area contributed by atoms with Crippen molar-refractivity contribution in [1.29, 1.82) is 0 Å². The molecule has 18 heavy (non-hydrogen) atoms. The Morgan fingerprint density at radius 3 is 2.50 bits per heavy atom. The summed E-state index contributed by atoms with van der Waals surface area (Å²) in [6.45, 7) is 5.95. The highest BCUT2D eigenvalue weighted by Gasteiger charge is 2.17. The molecule has 0 radical (unpaired) electrons. The molecule has 0 aliphatic heterocycles. The number of carboxylic acid groups (broad SMARTS) is 1. The molecule has 0 bridgehead atoms. The van der Waals surface area contributed by atoms with Crippen LogP contribution in [0.1, 0.15) is 54.2 Å². The lowest BCUT2D eigenvalue weighted by Gasteiger charge is -2.09. The molecule has 1 aromatic heterocycles. The average molecular weight is 252 g/mol. The van der Waals surface area contributed by atoms with Crippen LogP contribution in [0.15, 0.2) is 4.79 Å². The largest absolute Gasteiger partial charge is 0.477 e. The molecule has 0 saturated carbocycles. The predicted molar refractivity (Wildman–Crippen MR) is 69.1 cm³/mol. The molecule has 0 aliphatic rings. The summed E-state index contributed by atoms with van der Waals surface area (Å²) < 4.78 is 1.28. The Bertz CT molecular complexity index is 492. The normalized spacial score (nSPS) is 10.6. The molecular formula is C13H20N2O3. The lowest BCUT2D eigenvalue weighted by molar-refractivity contribution is 0.0692. The van der Waals surface area contributed by atoms with Gasteiger partial charge in [-0.05, 0) is 25.8 Å². The summed E-state index contributed by atoms with van der Waals surface area (Å²) in [6.07, 6.45) is 4.11. The molecule has 0 atom stereocenters. The number of carboxylic acids is 1. The Morgan fingerprint density at radius 1 is 1.28 bits per heavy atom. The number of aromatic nitrogens is 2. The van der Waals surface area contributed by atoms with Crippen LogP contribution >= 0.6 is 0 Å². The van der Waals surface area contributed by atoms with Gasteiger partial charge in [0.2, 0.25) is 0 Å². The Balaban J connectivity index is 3.00. The van der Waals surface area contributed by atoms with Gasteiger partial charge in [0.1, 0.15) is 5.56 Å². The minimum absolute atomic E-state index is 0.155. The van der Waals surface area contributed by atoms with Crippen molar-refractivity contribution in [3.63, 3.8) is 0 Å². The molecule has 0 saturated heterocycles. The Kier molecular flexibility index (Phi) is 5.07. The van der Waals surface area contributed by atoms with Crippen molar-refractivity contribution >= 4 is 5.97 Å². The van der Waals surface area contributed by atoms with E-state index in [1.54, 1.807) is 13.8 Å². The van der Waals surface area contributed by atoms with Crippen LogP contribution in [-0.4, -0.2) is 20.9 Å². The summed E-state index contributed by atoms with van der Waals surface area (Å²) >= 11 is 0. The Labute approximate surface area is 106 Å².